The Labute approximate surface area is 180 Å². The van der Waals surface area contributed by atoms with Crippen molar-refractivity contribution < 1.29 is 31.5 Å². The molecule has 0 aliphatic carbocycles. The number of hydrogen-bond donors (Lipinski definition) is 2. The van der Waals surface area contributed by atoms with Gasteiger partial charge in [-0.25, -0.2) is 8.42 Å². The third-order valence-electron chi connectivity index (χ3n) is 4.48. The predicted octanol–water partition coefficient (Wildman–Crippen LogP) is 2.74. The van der Waals surface area contributed by atoms with Gasteiger partial charge in [0.2, 0.25) is 15.8 Å². The molecule has 13 heteroatoms. The third kappa shape index (κ3) is 5.11. The summed E-state index contributed by atoms with van der Waals surface area (Å²) in [5.74, 6) is -1.64. The predicted molar refractivity (Wildman–Crippen MR) is 106 cm³/mol. The first-order valence-corrected chi connectivity index (χ1v) is 10.7. The summed E-state index contributed by atoms with van der Waals surface area (Å²) >= 11 is 0. The molecule has 9 nitrogen and oxygen atoms in total. The number of nitrogens with zero attached hydrogens (tertiary/aromatic N) is 4. The fourth-order valence-electron chi connectivity index (χ4n) is 2.71. The molecule has 0 bridgehead atoms. The molecule has 3 rings (SSSR count). The van der Waals surface area contributed by atoms with E-state index in [1.165, 1.54) is 36.4 Å². The van der Waals surface area contributed by atoms with Crippen LogP contribution in [0.5, 0.6) is 0 Å². The largest absolute Gasteiger partial charge is 0.480 e. The van der Waals surface area contributed by atoms with E-state index in [0.717, 1.165) is 16.9 Å². The van der Waals surface area contributed by atoms with Gasteiger partial charge in [-0.1, -0.05) is 13.8 Å². The molecule has 1 heterocycles. The molecule has 0 saturated heterocycles. The average Bonchev–Trinajstić information content (AvgIpc) is 3.21. The lowest BCUT2D eigenvalue weighted by atomic mass is 10.1. The molecule has 32 heavy (non-hydrogen) atoms. The van der Waals surface area contributed by atoms with Gasteiger partial charge in [0.15, 0.2) is 0 Å². The number of aliphatic carboxylic acids is 1. The Morgan fingerprint density at radius 2 is 1.66 bits per heavy atom. The van der Waals surface area contributed by atoms with Gasteiger partial charge in [-0.05, 0) is 59.7 Å². The number of carboxylic acid groups (broad SMARTS) is 1. The van der Waals surface area contributed by atoms with Gasteiger partial charge in [0.1, 0.15) is 6.04 Å². The minimum Gasteiger partial charge on any atom is -0.480 e. The van der Waals surface area contributed by atoms with Gasteiger partial charge in [-0.15, -0.1) is 15.0 Å². The molecule has 0 fully saturated rings. The summed E-state index contributed by atoms with van der Waals surface area (Å²) < 4.78 is 65.2. The Morgan fingerprint density at radius 1 is 1.06 bits per heavy atom. The highest BCUT2D eigenvalue weighted by molar-refractivity contribution is 7.89. The summed E-state index contributed by atoms with van der Waals surface area (Å²) in [6, 6.07) is 8.24. The van der Waals surface area contributed by atoms with E-state index < -0.39 is 39.7 Å². The molecule has 1 unspecified atom stereocenters. The van der Waals surface area contributed by atoms with Crippen molar-refractivity contribution in [3.05, 3.63) is 54.1 Å². The number of carboxylic acids is 1. The number of tetrazole rings is 1. The minimum absolute atomic E-state index is 0.118. The summed E-state index contributed by atoms with van der Waals surface area (Å²) in [5.41, 5.74) is -0.149. The van der Waals surface area contributed by atoms with Crippen LogP contribution in [0, 0.1) is 5.92 Å². The van der Waals surface area contributed by atoms with E-state index in [4.69, 9.17) is 0 Å². The number of carbonyl (C=O) groups is 1. The van der Waals surface area contributed by atoms with Crippen LogP contribution in [-0.4, -0.2) is 45.7 Å². The van der Waals surface area contributed by atoms with Crippen LogP contribution in [0.1, 0.15) is 19.4 Å². The molecule has 0 radical (unpaired) electrons. The van der Waals surface area contributed by atoms with Gasteiger partial charge in [-0.3, -0.25) is 4.79 Å². The second-order valence-corrected chi connectivity index (χ2v) is 8.87. The second kappa shape index (κ2) is 8.67. The van der Waals surface area contributed by atoms with Crippen LogP contribution in [0.15, 0.2) is 53.4 Å². The zero-order valence-corrected chi connectivity index (χ0v) is 17.6. The lowest BCUT2D eigenvalue weighted by Gasteiger charge is -2.18. The zero-order chi connectivity index (χ0) is 23.7. The Kier molecular flexibility index (Phi) is 6.32. The molecule has 1 aromatic heterocycles. The highest BCUT2D eigenvalue weighted by Gasteiger charge is 2.30. The molecule has 0 spiro atoms. The van der Waals surface area contributed by atoms with Gasteiger partial charge in [-0.2, -0.15) is 17.9 Å². The highest BCUT2D eigenvalue weighted by Crippen LogP contribution is 2.29. The first kappa shape index (κ1) is 23.3. The summed E-state index contributed by atoms with van der Waals surface area (Å²) in [5, 5.41) is 20.9. The molecule has 3 aromatic rings. The number of nitrogens with one attached hydrogen (secondary N) is 1. The number of benzene rings is 2. The number of aromatic nitrogens is 4. The maximum absolute atomic E-state index is 12.7. The molecule has 0 amide bonds. The van der Waals surface area contributed by atoms with Crippen molar-refractivity contribution in [2.75, 3.05) is 0 Å². The van der Waals surface area contributed by atoms with E-state index in [2.05, 4.69) is 20.1 Å². The smallest absolute Gasteiger partial charge is 0.416 e. The number of sulfonamides is 1. The summed E-state index contributed by atoms with van der Waals surface area (Å²) in [7, 11) is -4.09. The van der Waals surface area contributed by atoms with Crippen molar-refractivity contribution in [2.45, 2.75) is 31.0 Å². The molecule has 2 aromatic carbocycles. The Balaban J connectivity index is 1.80. The van der Waals surface area contributed by atoms with E-state index in [1.807, 2.05) is 0 Å². The molecule has 0 aliphatic heterocycles. The van der Waals surface area contributed by atoms with E-state index in [0.29, 0.717) is 5.56 Å². The lowest BCUT2D eigenvalue weighted by Crippen LogP contribution is -2.44. The molecular weight excluding hydrogens is 451 g/mol. The van der Waals surface area contributed by atoms with Gasteiger partial charge < -0.3 is 5.11 Å². The molecular formula is C19H18F3N5O4S. The fraction of sp³-hybridized carbons (Fsp3) is 0.263. The number of hydrogen-bond acceptors (Lipinski definition) is 6. The van der Waals surface area contributed by atoms with Crippen molar-refractivity contribution >= 4 is 16.0 Å². The van der Waals surface area contributed by atoms with Crippen LogP contribution < -0.4 is 4.72 Å². The summed E-state index contributed by atoms with van der Waals surface area (Å²) in [6.07, 6.45) is -4.46. The van der Waals surface area contributed by atoms with Crippen LogP contribution >= 0.6 is 0 Å². The van der Waals surface area contributed by atoms with Gasteiger partial charge >= 0.3 is 12.1 Å². The first-order chi connectivity index (χ1) is 14.9. The van der Waals surface area contributed by atoms with Gasteiger partial charge in [0.05, 0.1) is 16.1 Å². The highest BCUT2D eigenvalue weighted by atomic mass is 32.2. The third-order valence-corrected chi connectivity index (χ3v) is 5.93. The van der Waals surface area contributed by atoms with Crippen molar-refractivity contribution in [3.8, 4) is 17.1 Å². The molecule has 1 atom stereocenters. The Bertz CT molecular complexity index is 1210. The summed E-state index contributed by atoms with van der Waals surface area (Å²) in [6.45, 7) is 3.16. The van der Waals surface area contributed by atoms with Crippen molar-refractivity contribution in [2.24, 2.45) is 5.92 Å². The van der Waals surface area contributed by atoms with Crippen molar-refractivity contribution in [1.29, 1.82) is 0 Å². The van der Waals surface area contributed by atoms with E-state index in [1.54, 1.807) is 13.8 Å². The second-order valence-electron chi connectivity index (χ2n) is 7.15. The lowest BCUT2D eigenvalue weighted by molar-refractivity contribution is -0.140. The SMILES string of the molecule is CC(C)C(NS(=O)(=O)c1ccc(-c2nnn(-c3ccc(C(F)(F)F)cc3)n2)cc1)C(=O)O. The van der Waals surface area contributed by atoms with Crippen LogP contribution in [0.3, 0.4) is 0 Å². The quantitative estimate of drug-likeness (QED) is 0.545. The minimum atomic E-state index is -4.46. The van der Waals surface area contributed by atoms with Crippen LogP contribution in [0.2, 0.25) is 0 Å². The average molecular weight is 469 g/mol. The van der Waals surface area contributed by atoms with Gasteiger partial charge in [0.25, 0.3) is 0 Å². The molecule has 0 saturated carbocycles. The normalized spacial score (nSPS) is 13.3. The molecule has 170 valence electrons. The molecule has 0 aliphatic rings. The number of alkyl halides is 3. The zero-order valence-electron chi connectivity index (χ0n) is 16.8. The number of halogens is 3. The Morgan fingerprint density at radius 3 is 2.16 bits per heavy atom. The van der Waals surface area contributed by atoms with Crippen molar-refractivity contribution in [3.63, 3.8) is 0 Å². The maximum Gasteiger partial charge on any atom is 0.416 e. The fourth-order valence-corrected chi connectivity index (χ4v) is 4.05. The van der Waals surface area contributed by atoms with Crippen LogP contribution in [0.25, 0.3) is 17.1 Å². The van der Waals surface area contributed by atoms with Crippen LogP contribution in [-0.2, 0) is 21.0 Å². The van der Waals surface area contributed by atoms with E-state index in [9.17, 15) is 31.5 Å². The topological polar surface area (TPSA) is 127 Å². The van der Waals surface area contributed by atoms with E-state index >= 15 is 0 Å². The van der Waals surface area contributed by atoms with Crippen molar-refractivity contribution in [1.82, 2.24) is 24.9 Å². The number of rotatable bonds is 7. The maximum atomic E-state index is 12.7. The molecule has 2 N–H and O–H groups in total. The monoisotopic (exact) mass is 469 g/mol. The van der Waals surface area contributed by atoms with Crippen LogP contribution in [0.4, 0.5) is 13.2 Å². The summed E-state index contributed by atoms with van der Waals surface area (Å²) in [4.78, 5) is 12.2. The standard InChI is InChI=1S/C19H18F3N5O4S/c1-11(2)16(18(28)29)25-32(30,31)15-9-3-12(4-10-15)17-23-26-27(24-17)14-7-5-13(6-8-14)19(20,21)22/h3-11,16,25H,1-2H3,(H,28,29). The van der Waals surface area contributed by atoms with E-state index in [-0.39, 0.29) is 16.4 Å². The van der Waals surface area contributed by atoms with Gasteiger partial charge in [0, 0.05) is 5.56 Å². The first-order valence-electron chi connectivity index (χ1n) is 9.22. The Hall–Kier alpha value is -3.32.